The Balaban J connectivity index is 2.43. The average Bonchev–Trinajstić information content (AvgIpc) is 2.69. The maximum Gasteiger partial charge on any atom is 0.193 e. The van der Waals surface area contributed by atoms with Crippen LogP contribution in [0, 0.1) is 5.82 Å². The zero-order valence-corrected chi connectivity index (χ0v) is 12.0. The largest absolute Gasteiger partial charge is 0.448 e. The number of halogens is 5. The molecule has 6 heteroatoms. The highest BCUT2D eigenvalue weighted by atomic mass is 79.9. The van der Waals surface area contributed by atoms with Crippen LogP contribution in [-0.4, -0.2) is 0 Å². The van der Waals surface area contributed by atoms with Gasteiger partial charge in [-0.2, -0.15) is 0 Å². The molecule has 0 saturated carbocycles. The Hall–Kier alpha value is -0.220. The van der Waals surface area contributed by atoms with Gasteiger partial charge in [0.2, 0.25) is 0 Å². The van der Waals surface area contributed by atoms with Gasteiger partial charge in [0.1, 0.15) is 17.0 Å². The molecule has 0 aliphatic carbocycles. The second-order valence-electron chi connectivity index (χ2n) is 3.29. The molecular formula is C11H5BrCl3FO. The van der Waals surface area contributed by atoms with Gasteiger partial charge in [-0.3, -0.25) is 0 Å². The topological polar surface area (TPSA) is 13.1 Å². The number of hydrogen-bond donors (Lipinski definition) is 0. The summed E-state index contributed by atoms with van der Waals surface area (Å²) in [5.41, 5.74) is 0.242. The van der Waals surface area contributed by atoms with Crippen LogP contribution in [0.4, 0.5) is 4.39 Å². The Bertz CT molecular complexity index is 556. The summed E-state index contributed by atoms with van der Waals surface area (Å²) in [7, 11) is 0. The van der Waals surface area contributed by atoms with E-state index in [2.05, 4.69) is 15.9 Å². The van der Waals surface area contributed by atoms with Crippen molar-refractivity contribution < 1.29 is 8.81 Å². The molecule has 0 fully saturated rings. The zero-order valence-electron chi connectivity index (χ0n) is 8.18. The maximum absolute atomic E-state index is 13.7. The van der Waals surface area contributed by atoms with Gasteiger partial charge >= 0.3 is 0 Å². The minimum Gasteiger partial charge on any atom is -0.448 e. The van der Waals surface area contributed by atoms with E-state index in [4.69, 9.17) is 39.2 Å². The van der Waals surface area contributed by atoms with Crippen molar-refractivity contribution in [2.45, 2.75) is 5.38 Å². The molecule has 90 valence electrons. The Morgan fingerprint density at radius 3 is 2.53 bits per heavy atom. The van der Waals surface area contributed by atoms with Crippen molar-refractivity contribution in [1.82, 2.24) is 0 Å². The molecule has 0 bridgehead atoms. The fourth-order valence-electron chi connectivity index (χ4n) is 1.35. The summed E-state index contributed by atoms with van der Waals surface area (Å²) in [5.74, 6) is -0.0947. The van der Waals surface area contributed by atoms with Crippen molar-refractivity contribution in [2.24, 2.45) is 0 Å². The lowest BCUT2D eigenvalue weighted by Gasteiger charge is -2.09. The van der Waals surface area contributed by atoms with Gasteiger partial charge in [0, 0.05) is 10.0 Å². The first-order chi connectivity index (χ1) is 7.99. The number of hydrogen-bond acceptors (Lipinski definition) is 1. The molecule has 1 unspecified atom stereocenters. The molecule has 2 rings (SSSR count). The van der Waals surface area contributed by atoms with Gasteiger partial charge in [0.25, 0.3) is 0 Å². The van der Waals surface area contributed by atoms with E-state index >= 15 is 0 Å². The highest BCUT2D eigenvalue weighted by Gasteiger charge is 2.20. The minimum absolute atomic E-state index is 0.203. The molecule has 0 amide bonds. The highest BCUT2D eigenvalue weighted by Crippen LogP contribution is 2.36. The van der Waals surface area contributed by atoms with Crippen LogP contribution >= 0.6 is 50.7 Å². The second-order valence-corrected chi connectivity index (χ2v) is 5.36. The van der Waals surface area contributed by atoms with Crippen molar-refractivity contribution >= 4 is 50.7 Å². The molecule has 0 N–H and O–H groups in total. The van der Waals surface area contributed by atoms with E-state index in [9.17, 15) is 4.39 Å². The summed E-state index contributed by atoms with van der Waals surface area (Å²) in [6.07, 6.45) is 0. The van der Waals surface area contributed by atoms with Crippen LogP contribution in [0.5, 0.6) is 0 Å². The second kappa shape index (κ2) is 5.19. The van der Waals surface area contributed by atoms with Gasteiger partial charge in [-0.05, 0) is 51.8 Å². The number of benzene rings is 1. The van der Waals surface area contributed by atoms with Crippen LogP contribution in [0.3, 0.4) is 0 Å². The van der Waals surface area contributed by atoms with Crippen LogP contribution in [0.2, 0.25) is 10.2 Å². The number of alkyl halides is 1. The van der Waals surface area contributed by atoms with E-state index in [0.29, 0.717) is 15.3 Å². The molecule has 0 aliphatic rings. The molecule has 0 spiro atoms. The van der Waals surface area contributed by atoms with Crippen molar-refractivity contribution in [2.75, 3.05) is 0 Å². The van der Waals surface area contributed by atoms with Crippen molar-refractivity contribution in [1.29, 1.82) is 0 Å². The van der Waals surface area contributed by atoms with Gasteiger partial charge in [-0.1, -0.05) is 11.6 Å². The smallest absolute Gasteiger partial charge is 0.193 e. The first-order valence-electron chi connectivity index (χ1n) is 4.53. The third kappa shape index (κ3) is 2.79. The van der Waals surface area contributed by atoms with Crippen LogP contribution in [0.25, 0.3) is 0 Å². The fraction of sp³-hybridized carbons (Fsp3) is 0.0909. The molecule has 0 radical (unpaired) electrons. The van der Waals surface area contributed by atoms with Gasteiger partial charge in [-0.15, -0.1) is 11.6 Å². The maximum atomic E-state index is 13.7. The lowest BCUT2D eigenvalue weighted by molar-refractivity contribution is 0.511. The van der Waals surface area contributed by atoms with Gasteiger partial charge in [0.15, 0.2) is 5.22 Å². The van der Waals surface area contributed by atoms with E-state index < -0.39 is 11.2 Å². The summed E-state index contributed by atoms with van der Waals surface area (Å²) in [4.78, 5) is 0. The summed E-state index contributed by atoms with van der Waals surface area (Å²) in [5, 5.41) is -0.188. The molecule has 2 aromatic rings. The minimum atomic E-state index is -0.770. The Kier molecular flexibility index (Phi) is 4.03. The van der Waals surface area contributed by atoms with E-state index in [1.165, 1.54) is 12.1 Å². The fourth-order valence-corrected chi connectivity index (χ4v) is 2.27. The van der Waals surface area contributed by atoms with Crippen LogP contribution in [-0.2, 0) is 0 Å². The highest BCUT2D eigenvalue weighted by molar-refractivity contribution is 9.10. The van der Waals surface area contributed by atoms with E-state index in [1.54, 1.807) is 12.1 Å². The summed E-state index contributed by atoms with van der Waals surface area (Å²) in [6, 6.07) is 5.85. The molecule has 1 atom stereocenters. The van der Waals surface area contributed by atoms with Gasteiger partial charge < -0.3 is 4.42 Å². The monoisotopic (exact) mass is 356 g/mol. The summed E-state index contributed by atoms with van der Waals surface area (Å²) < 4.78 is 19.3. The van der Waals surface area contributed by atoms with Gasteiger partial charge in [0.05, 0.1) is 5.02 Å². The molecule has 0 saturated heterocycles. The van der Waals surface area contributed by atoms with Crippen LogP contribution in [0.15, 0.2) is 33.2 Å². The Labute approximate surface area is 121 Å². The van der Waals surface area contributed by atoms with Crippen LogP contribution in [0.1, 0.15) is 16.7 Å². The lowest BCUT2D eigenvalue weighted by atomic mass is 10.1. The predicted molar refractivity (Wildman–Crippen MR) is 70.5 cm³/mol. The molecule has 1 aromatic carbocycles. The Morgan fingerprint density at radius 2 is 1.94 bits per heavy atom. The molecule has 17 heavy (non-hydrogen) atoms. The predicted octanol–water partition coefficient (Wildman–Crippen LogP) is 5.82. The SMILES string of the molecule is Fc1cc(Br)c(Cl)cc1C(Cl)c1ccc(Cl)o1. The molecule has 1 nitrogen and oxygen atoms in total. The number of rotatable bonds is 2. The van der Waals surface area contributed by atoms with E-state index in [-0.39, 0.29) is 10.8 Å². The third-order valence-corrected chi connectivity index (χ3v) is 4.01. The van der Waals surface area contributed by atoms with E-state index in [0.717, 1.165) is 0 Å². The molecular weight excluding hydrogens is 353 g/mol. The van der Waals surface area contributed by atoms with E-state index in [1.807, 2.05) is 0 Å². The quantitative estimate of drug-likeness (QED) is 0.487. The Morgan fingerprint density at radius 1 is 1.24 bits per heavy atom. The molecule has 1 heterocycles. The lowest BCUT2D eigenvalue weighted by Crippen LogP contribution is -1.96. The van der Waals surface area contributed by atoms with Crippen molar-refractivity contribution in [3.63, 3.8) is 0 Å². The summed E-state index contributed by atoms with van der Waals surface area (Å²) >= 11 is 20.8. The first kappa shape index (κ1) is 13.2. The molecule has 0 aliphatic heterocycles. The zero-order chi connectivity index (χ0) is 12.6. The van der Waals surface area contributed by atoms with Gasteiger partial charge in [-0.25, -0.2) is 4.39 Å². The standard InChI is InChI=1S/C11H5BrCl3FO/c12-6-4-8(16)5(3-7(6)13)11(15)9-1-2-10(14)17-9/h1-4,11H. The van der Waals surface area contributed by atoms with Crippen LogP contribution < -0.4 is 0 Å². The normalized spacial score (nSPS) is 12.8. The average molecular weight is 358 g/mol. The van der Waals surface area contributed by atoms with Crippen molar-refractivity contribution in [3.05, 3.63) is 56.1 Å². The van der Waals surface area contributed by atoms with Crippen molar-refractivity contribution in [3.8, 4) is 0 Å². The summed E-state index contributed by atoms with van der Waals surface area (Å²) in [6.45, 7) is 0. The molecule has 1 aromatic heterocycles. The third-order valence-electron chi connectivity index (χ3n) is 2.16. The number of furan rings is 1. The first-order valence-corrected chi connectivity index (χ1v) is 6.51.